The number of nitrogens with one attached hydrogen (secondary N) is 1. The number of fused-ring (bicyclic) bond motifs is 1. The van der Waals surface area contributed by atoms with Gasteiger partial charge in [0.05, 0.1) is 0 Å². The van der Waals surface area contributed by atoms with Crippen LogP contribution in [-0.4, -0.2) is 7.05 Å². The Balaban J connectivity index is 2.02. The molecule has 1 unspecified atom stereocenters. The Morgan fingerprint density at radius 2 is 1.57 bits per heavy atom. The Hall–Kier alpha value is -1.34. The molecule has 0 heterocycles. The predicted molar refractivity (Wildman–Crippen MR) is 91.7 cm³/mol. The molecule has 1 fully saturated rings. The molecule has 0 spiro atoms. The summed E-state index contributed by atoms with van der Waals surface area (Å²) in [6.45, 7) is 2.21. The number of hydrogen-bond acceptors (Lipinski definition) is 1. The maximum absolute atomic E-state index is 3.63. The fourth-order valence-electron chi connectivity index (χ4n) is 4.03. The first-order chi connectivity index (χ1) is 10.3. The molecule has 1 N–H and O–H groups in total. The predicted octanol–water partition coefficient (Wildman–Crippen LogP) is 5.38. The standard InChI is InChI=1S/C20H27N/c1-15-13-14-19(18-12-8-7-11-17(15)18)20(21-2)16-9-5-3-4-6-10-16/h7-8,11-14,16,20-21H,3-6,9-10H2,1-2H3. The van der Waals surface area contributed by atoms with E-state index in [9.17, 15) is 0 Å². The van der Waals surface area contributed by atoms with Gasteiger partial charge in [-0.2, -0.15) is 0 Å². The molecule has 0 aromatic heterocycles. The smallest absolute Gasteiger partial charge is 0.0352 e. The molecular formula is C20H27N. The Labute approximate surface area is 128 Å². The highest BCUT2D eigenvalue weighted by molar-refractivity contribution is 5.88. The van der Waals surface area contributed by atoms with Crippen LogP contribution in [0.2, 0.25) is 0 Å². The molecule has 1 saturated carbocycles. The van der Waals surface area contributed by atoms with Gasteiger partial charge >= 0.3 is 0 Å². The van der Waals surface area contributed by atoms with Gasteiger partial charge in [-0.3, -0.25) is 0 Å². The molecule has 2 aromatic carbocycles. The zero-order valence-electron chi connectivity index (χ0n) is 13.4. The van der Waals surface area contributed by atoms with Crippen LogP contribution in [0.3, 0.4) is 0 Å². The van der Waals surface area contributed by atoms with Gasteiger partial charge in [0, 0.05) is 6.04 Å². The van der Waals surface area contributed by atoms with Crippen molar-refractivity contribution in [1.29, 1.82) is 0 Å². The van der Waals surface area contributed by atoms with Crippen LogP contribution in [0, 0.1) is 12.8 Å². The van der Waals surface area contributed by atoms with E-state index in [1.165, 1.54) is 60.4 Å². The molecule has 0 bridgehead atoms. The minimum absolute atomic E-state index is 0.494. The Kier molecular flexibility index (Phi) is 4.60. The fourth-order valence-corrected chi connectivity index (χ4v) is 4.03. The fraction of sp³-hybridized carbons (Fsp3) is 0.500. The van der Waals surface area contributed by atoms with E-state index in [-0.39, 0.29) is 0 Å². The van der Waals surface area contributed by atoms with Gasteiger partial charge in [-0.05, 0) is 54.6 Å². The zero-order chi connectivity index (χ0) is 14.7. The molecule has 1 nitrogen and oxygen atoms in total. The number of hydrogen-bond donors (Lipinski definition) is 1. The second-order valence-electron chi connectivity index (χ2n) is 6.54. The van der Waals surface area contributed by atoms with Crippen molar-refractivity contribution in [1.82, 2.24) is 5.32 Å². The van der Waals surface area contributed by atoms with Gasteiger partial charge in [0.1, 0.15) is 0 Å². The average molecular weight is 281 g/mol. The number of benzene rings is 2. The molecule has 3 rings (SSSR count). The van der Waals surface area contributed by atoms with E-state index in [0.29, 0.717) is 6.04 Å². The van der Waals surface area contributed by atoms with Crippen LogP contribution in [-0.2, 0) is 0 Å². The van der Waals surface area contributed by atoms with E-state index in [1.54, 1.807) is 0 Å². The van der Waals surface area contributed by atoms with Crippen molar-refractivity contribution >= 4 is 10.8 Å². The third-order valence-electron chi connectivity index (χ3n) is 5.19. The lowest BCUT2D eigenvalue weighted by Crippen LogP contribution is -2.25. The summed E-state index contributed by atoms with van der Waals surface area (Å²) < 4.78 is 0. The van der Waals surface area contributed by atoms with Gasteiger partial charge in [-0.25, -0.2) is 0 Å². The number of aryl methyl sites for hydroxylation is 1. The molecule has 112 valence electrons. The molecule has 1 aliphatic carbocycles. The summed E-state index contributed by atoms with van der Waals surface area (Å²) in [7, 11) is 2.13. The Morgan fingerprint density at radius 3 is 2.24 bits per heavy atom. The lowest BCUT2D eigenvalue weighted by molar-refractivity contribution is 0.343. The second kappa shape index (κ2) is 6.62. The minimum atomic E-state index is 0.494. The average Bonchev–Trinajstić information content (AvgIpc) is 2.80. The molecule has 0 radical (unpaired) electrons. The first-order valence-corrected chi connectivity index (χ1v) is 8.47. The van der Waals surface area contributed by atoms with Gasteiger partial charge in [0.25, 0.3) is 0 Å². The summed E-state index contributed by atoms with van der Waals surface area (Å²) in [5.41, 5.74) is 2.87. The maximum atomic E-state index is 3.63. The van der Waals surface area contributed by atoms with E-state index < -0.39 is 0 Å². The highest BCUT2D eigenvalue weighted by Gasteiger charge is 2.24. The van der Waals surface area contributed by atoms with Crippen LogP contribution in [0.25, 0.3) is 10.8 Å². The largest absolute Gasteiger partial charge is 0.313 e. The van der Waals surface area contributed by atoms with Gasteiger partial charge in [-0.1, -0.05) is 62.1 Å². The molecule has 0 aliphatic heterocycles. The lowest BCUT2D eigenvalue weighted by Gasteiger charge is -2.28. The summed E-state index contributed by atoms with van der Waals surface area (Å²) in [5.74, 6) is 0.781. The number of rotatable bonds is 3. The maximum Gasteiger partial charge on any atom is 0.0352 e. The zero-order valence-corrected chi connectivity index (χ0v) is 13.4. The van der Waals surface area contributed by atoms with Crippen molar-refractivity contribution in [3.05, 3.63) is 47.5 Å². The lowest BCUT2D eigenvalue weighted by atomic mass is 9.84. The van der Waals surface area contributed by atoms with Crippen molar-refractivity contribution in [2.45, 2.75) is 51.5 Å². The molecule has 21 heavy (non-hydrogen) atoms. The van der Waals surface area contributed by atoms with Crippen molar-refractivity contribution in [2.75, 3.05) is 7.05 Å². The van der Waals surface area contributed by atoms with Crippen molar-refractivity contribution < 1.29 is 0 Å². The van der Waals surface area contributed by atoms with Gasteiger partial charge in [0.2, 0.25) is 0 Å². The van der Waals surface area contributed by atoms with Crippen LogP contribution >= 0.6 is 0 Å². The Morgan fingerprint density at radius 1 is 0.905 bits per heavy atom. The molecule has 1 atom stereocenters. The second-order valence-corrected chi connectivity index (χ2v) is 6.54. The normalized spacial score (nSPS) is 18.6. The van der Waals surface area contributed by atoms with Crippen LogP contribution in [0.15, 0.2) is 36.4 Å². The topological polar surface area (TPSA) is 12.0 Å². The van der Waals surface area contributed by atoms with Gasteiger partial charge in [-0.15, -0.1) is 0 Å². The van der Waals surface area contributed by atoms with Crippen molar-refractivity contribution in [3.8, 4) is 0 Å². The van der Waals surface area contributed by atoms with Gasteiger partial charge in [0.15, 0.2) is 0 Å². The third-order valence-corrected chi connectivity index (χ3v) is 5.19. The molecule has 0 saturated heterocycles. The van der Waals surface area contributed by atoms with E-state index in [2.05, 4.69) is 55.7 Å². The van der Waals surface area contributed by atoms with Crippen LogP contribution in [0.1, 0.15) is 55.7 Å². The SMILES string of the molecule is CNC(c1ccc(C)c2ccccc12)C1CCCCCC1. The summed E-state index contributed by atoms with van der Waals surface area (Å²) in [6.07, 6.45) is 8.36. The molecule has 0 amide bonds. The minimum Gasteiger partial charge on any atom is -0.313 e. The van der Waals surface area contributed by atoms with Crippen LogP contribution in [0.4, 0.5) is 0 Å². The van der Waals surface area contributed by atoms with Gasteiger partial charge < -0.3 is 5.32 Å². The molecule has 2 aromatic rings. The third kappa shape index (κ3) is 2.98. The van der Waals surface area contributed by atoms with Crippen LogP contribution < -0.4 is 5.32 Å². The first-order valence-electron chi connectivity index (χ1n) is 8.47. The van der Waals surface area contributed by atoms with E-state index in [1.807, 2.05) is 0 Å². The Bertz CT molecular complexity index is 594. The summed E-state index contributed by atoms with van der Waals surface area (Å²) in [5, 5.41) is 6.47. The van der Waals surface area contributed by atoms with Crippen LogP contribution in [0.5, 0.6) is 0 Å². The molecular weight excluding hydrogens is 254 g/mol. The van der Waals surface area contributed by atoms with Crippen molar-refractivity contribution in [3.63, 3.8) is 0 Å². The highest BCUT2D eigenvalue weighted by atomic mass is 14.9. The molecule has 1 heteroatoms. The molecule has 1 aliphatic rings. The quantitative estimate of drug-likeness (QED) is 0.745. The van der Waals surface area contributed by atoms with Crippen molar-refractivity contribution in [2.24, 2.45) is 5.92 Å². The van der Waals surface area contributed by atoms with E-state index in [4.69, 9.17) is 0 Å². The van der Waals surface area contributed by atoms with E-state index >= 15 is 0 Å². The summed E-state index contributed by atoms with van der Waals surface area (Å²) >= 11 is 0. The summed E-state index contributed by atoms with van der Waals surface area (Å²) in [6, 6.07) is 14.0. The summed E-state index contributed by atoms with van der Waals surface area (Å²) in [4.78, 5) is 0. The monoisotopic (exact) mass is 281 g/mol. The van der Waals surface area contributed by atoms with E-state index in [0.717, 1.165) is 5.92 Å². The highest BCUT2D eigenvalue weighted by Crippen LogP contribution is 2.36. The first kappa shape index (κ1) is 14.6.